The number of hydrogen-bond acceptors (Lipinski definition) is 4. The van der Waals surface area contributed by atoms with Gasteiger partial charge in [-0.25, -0.2) is 0 Å². The van der Waals surface area contributed by atoms with Crippen molar-refractivity contribution in [3.63, 3.8) is 0 Å². The fourth-order valence-electron chi connectivity index (χ4n) is 3.50. The second-order valence-corrected chi connectivity index (χ2v) is 6.19. The summed E-state index contributed by atoms with van der Waals surface area (Å²) in [5, 5.41) is 10.6. The Kier molecular flexibility index (Phi) is 4.23. The average Bonchev–Trinajstić information content (AvgIpc) is 3.02. The highest BCUT2D eigenvalue weighted by Crippen LogP contribution is 2.34. The molecule has 120 valence electrons. The summed E-state index contributed by atoms with van der Waals surface area (Å²) in [5.74, 6) is 0. The van der Waals surface area contributed by atoms with Gasteiger partial charge < -0.3 is 20.1 Å². The van der Waals surface area contributed by atoms with Gasteiger partial charge in [0.1, 0.15) is 0 Å². The highest BCUT2D eigenvalue weighted by molar-refractivity contribution is 5.87. The number of hydrogen-bond donors (Lipinski definition) is 2. The Morgan fingerprint density at radius 3 is 2.64 bits per heavy atom. The van der Waals surface area contributed by atoms with Gasteiger partial charge in [0.2, 0.25) is 0 Å². The lowest BCUT2D eigenvalue weighted by Crippen LogP contribution is -2.21. The van der Waals surface area contributed by atoms with Crippen LogP contribution in [0.3, 0.4) is 0 Å². The smallest absolute Gasteiger partial charge is 0.0625 e. The number of methoxy groups -OCH3 is 1. The third-order valence-corrected chi connectivity index (χ3v) is 4.83. The molecular weight excluding hydrogens is 278 g/mol. The summed E-state index contributed by atoms with van der Waals surface area (Å²) in [6.45, 7) is 5.67. The van der Waals surface area contributed by atoms with Crippen LogP contribution in [0.5, 0.6) is 0 Å². The largest absolute Gasteiger partial charge is 0.394 e. The zero-order chi connectivity index (χ0) is 15.9. The Labute approximate surface area is 131 Å². The van der Waals surface area contributed by atoms with Crippen LogP contribution in [0.25, 0.3) is 10.9 Å². The lowest BCUT2D eigenvalue weighted by Gasteiger charge is -2.13. The molecule has 0 aliphatic carbocycles. The van der Waals surface area contributed by atoms with E-state index < -0.39 is 0 Å². The number of ether oxygens (including phenoxy) is 1. The monoisotopic (exact) mass is 303 g/mol. The second kappa shape index (κ2) is 6.01. The van der Waals surface area contributed by atoms with Crippen molar-refractivity contribution in [2.45, 2.75) is 26.1 Å². The van der Waals surface area contributed by atoms with E-state index in [-0.39, 0.29) is 12.6 Å². The van der Waals surface area contributed by atoms with Crippen LogP contribution >= 0.6 is 0 Å². The lowest BCUT2D eigenvalue weighted by molar-refractivity contribution is 0.147. The van der Waals surface area contributed by atoms with E-state index in [0.717, 1.165) is 37.5 Å². The fraction of sp³-hybridized carbons (Fsp3) is 0.529. The van der Waals surface area contributed by atoms with Crippen molar-refractivity contribution in [3.05, 3.63) is 34.5 Å². The number of aromatic nitrogens is 1. The number of rotatable bonds is 5. The van der Waals surface area contributed by atoms with Gasteiger partial charge in [0.15, 0.2) is 0 Å². The number of nitrogens with zero attached hydrogens (tertiary/aromatic N) is 2. The Bertz CT molecular complexity index is 693. The summed E-state index contributed by atoms with van der Waals surface area (Å²) in [5.41, 5.74) is 12.3. The third-order valence-electron chi connectivity index (χ3n) is 4.83. The van der Waals surface area contributed by atoms with E-state index in [0.29, 0.717) is 0 Å². The van der Waals surface area contributed by atoms with Crippen LogP contribution in [-0.2, 0) is 24.9 Å². The van der Waals surface area contributed by atoms with Gasteiger partial charge in [-0.05, 0) is 35.7 Å². The summed E-state index contributed by atoms with van der Waals surface area (Å²) >= 11 is 0. The molecule has 1 aromatic carbocycles. The van der Waals surface area contributed by atoms with Gasteiger partial charge in [0.25, 0.3) is 0 Å². The van der Waals surface area contributed by atoms with Gasteiger partial charge in [0.05, 0.1) is 19.3 Å². The van der Waals surface area contributed by atoms with Crippen LogP contribution in [-0.4, -0.2) is 41.4 Å². The molecule has 1 aliphatic rings. The van der Waals surface area contributed by atoms with Crippen LogP contribution in [0, 0.1) is 6.92 Å². The van der Waals surface area contributed by atoms with Crippen molar-refractivity contribution in [2.75, 3.05) is 26.9 Å². The van der Waals surface area contributed by atoms with Gasteiger partial charge >= 0.3 is 0 Å². The standard InChI is InChI=1S/C17H25N3O2/c1-11-17(15(18)10-21)14-6-12-8-20(4-5-22-3)9-13(12)7-16(14)19(11)2/h6-7,15,21H,4-5,8-10,18H2,1-3H3. The molecule has 0 saturated carbocycles. The first-order chi connectivity index (χ1) is 10.6. The molecular formula is C17H25N3O2. The third kappa shape index (κ3) is 2.44. The van der Waals surface area contributed by atoms with E-state index >= 15 is 0 Å². The van der Waals surface area contributed by atoms with Crippen molar-refractivity contribution in [3.8, 4) is 0 Å². The molecule has 1 unspecified atom stereocenters. The molecule has 0 bridgehead atoms. The van der Waals surface area contributed by atoms with Crippen LogP contribution in [0.4, 0.5) is 0 Å². The number of benzene rings is 1. The maximum Gasteiger partial charge on any atom is 0.0625 e. The molecule has 3 rings (SSSR count). The van der Waals surface area contributed by atoms with Crippen molar-refractivity contribution in [1.82, 2.24) is 9.47 Å². The van der Waals surface area contributed by atoms with E-state index in [1.165, 1.54) is 22.0 Å². The zero-order valence-corrected chi connectivity index (χ0v) is 13.6. The molecule has 0 amide bonds. The SMILES string of the molecule is COCCN1Cc2cc3c(C(N)CO)c(C)n(C)c3cc2C1. The topological polar surface area (TPSA) is 63.6 Å². The molecule has 0 saturated heterocycles. The predicted octanol–water partition coefficient (Wildman–Crippen LogP) is 1.44. The summed E-state index contributed by atoms with van der Waals surface area (Å²) in [7, 11) is 3.80. The molecule has 2 heterocycles. The number of aliphatic hydroxyl groups is 1. The van der Waals surface area contributed by atoms with E-state index in [1.807, 2.05) is 0 Å². The summed E-state index contributed by atoms with van der Waals surface area (Å²) in [6, 6.07) is 4.21. The van der Waals surface area contributed by atoms with Crippen molar-refractivity contribution < 1.29 is 9.84 Å². The molecule has 3 N–H and O–H groups in total. The lowest BCUT2D eigenvalue weighted by atomic mass is 10.0. The number of aliphatic hydroxyl groups excluding tert-OH is 1. The fourth-order valence-corrected chi connectivity index (χ4v) is 3.50. The first-order valence-electron chi connectivity index (χ1n) is 7.75. The molecule has 22 heavy (non-hydrogen) atoms. The molecule has 5 nitrogen and oxygen atoms in total. The molecule has 2 aromatic rings. The minimum Gasteiger partial charge on any atom is -0.394 e. The minimum absolute atomic E-state index is 0.0308. The van der Waals surface area contributed by atoms with Crippen LogP contribution < -0.4 is 5.73 Å². The maximum atomic E-state index is 9.46. The van der Waals surface area contributed by atoms with E-state index in [9.17, 15) is 5.11 Å². The normalized spacial score (nSPS) is 16.4. The van der Waals surface area contributed by atoms with E-state index in [4.69, 9.17) is 10.5 Å². The number of nitrogens with two attached hydrogens (primary N) is 1. The van der Waals surface area contributed by atoms with E-state index in [1.54, 1.807) is 7.11 Å². The zero-order valence-electron chi connectivity index (χ0n) is 13.6. The van der Waals surface area contributed by atoms with Crippen molar-refractivity contribution in [1.29, 1.82) is 0 Å². The Morgan fingerprint density at radius 2 is 2.00 bits per heavy atom. The number of fused-ring (bicyclic) bond motifs is 2. The summed E-state index contributed by atoms with van der Waals surface area (Å²) in [4.78, 5) is 2.39. The number of aryl methyl sites for hydroxylation is 1. The highest BCUT2D eigenvalue weighted by atomic mass is 16.5. The average molecular weight is 303 g/mol. The van der Waals surface area contributed by atoms with Gasteiger partial charge in [-0.15, -0.1) is 0 Å². The molecule has 5 heteroatoms. The van der Waals surface area contributed by atoms with E-state index in [2.05, 4.69) is 35.6 Å². The van der Waals surface area contributed by atoms with Crippen LogP contribution in [0.15, 0.2) is 12.1 Å². The first-order valence-corrected chi connectivity index (χ1v) is 7.75. The second-order valence-electron chi connectivity index (χ2n) is 6.19. The summed E-state index contributed by atoms with van der Waals surface area (Å²) in [6.07, 6.45) is 0. The van der Waals surface area contributed by atoms with Gasteiger partial charge in [-0.2, -0.15) is 0 Å². The molecule has 1 atom stereocenters. The summed E-state index contributed by atoms with van der Waals surface area (Å²) < 4.78 is 7.35. The Morgan fingerprint density at radius 1 is 1.32 bits per heavy atom. The van der Waals surface area contributed by atoms with Gasteiger partial charge in [0, 0.05) is 50.4 Å². The quantitative estimate of drug-likeness (QED) is 0.877. The van der Waals surface area contributed by atoms with Crippen molar-refractivity contribution >= 4 is 10.9 Å². The van der Waals surface area contributed by atoms with Crippen LogP contribution in [0.1, 0.15) is 28.4 Å². The first kappa shape index (κ1) is 15.5. The molecule has 1 aromatic heterocycles. The minimum atomic E-state index is -0.326. The van der Waals surface area contributed by atoms with Crippen molar-refractivity contribution in [2.24, 2.45) is 12.8 Å². The Balaban J connectivity index is 2.03. The Hall–Kier alpha value is -1.40. The van der Waals surface area contributed by atoms with Gasteiger partial charge in [-0.3, -0.25) is 4.90 Å². The molecule has 0 radical (unpaired) electrons. The maximum absolute atomic E-state index is 9.46. The highest BCUT2D eigenvalue weighted by Gasteiger charge is 2.23. The molecule has 1 aliphatic heterocycles. The molecule has 0 fully saturated rings. The molecule has 0 spiro atoms. The van der Waals surface area contributed by atoms with Crippen LogP contribution in [0.2, 0.25) is 0 Å². The predicted molar refractivity (Wildman–Crippen MR) is 87.7 cm³/mol. The van der Waals surface area contributed by atoms with Gasteiger partial charge in [-0.1, -0.05) is 0 Å².